The molecule has 52 valence electrons. The first-order valence-electron chi connectivity index (χ1n) is 3.28. The number of rotatable bonds is 1. The molecule has 1 nitrogen and oxygen atoms in total. The van der Waals surface area contributed by atoms with Crippen molar-refractivity contribution in [1.29, 1.82) is 0 Å². The Kier molecular flexibility index (Phi) is 2.11. The predicted octanol–water partition coefficient (Wildman–Crippen LogP) is 1.90. The lowest BCUT2D eigenvalue weighted by Crippen LogP contribution is -1.97. The van der Waals surface area contributed by atoms with E-state index in [9.17, 15) is 0 Å². The predicted molar refractivity (Wildman–Crippen MR) is 44.3 cm³/mol. The molecule has 1 aliphatic rings. The van der Waals surface area contributed by atoms with Gasteiger partial charge in [0.15, 0.2) is 0 Å². The molecule has 1 rings (SSSR count). The Labute approximate surface area is 61.2 Å². The van der Waals surface area contributed by atoms with Crippen LogP contribution in [0.2, 0.25) is 0 Å². The Bertz CT molecular complexity index is 219. The largest absolute Gasteiger partial charge is 0.399 e. The highest BCUT2D eigenvalue weighted by atomic mass is 14.6. The summed E-state index contributed by atoms with van der Waals surface area (Å²) in [7, 11) is 0. The Hall–Kier alpha value is -1.24. The lowest BCUT2D eigenvalue weighted by atomic mass is 10.1. The van der Waals surface area contributed by atoms with E-state index in [0.29, 0.717) is 5.70 Å². The SMILES string of the molecule is C=C(N)C1=CC=CC=CC1. The molecule has 0 radical (unpaired) electrons. The van der Waals surface area contributed by atoms with Gasteiger partial charge < -0.3 is 5.73 Å². The van der Waals surface area contributed by atoms with Crippen LogP contribution in [0.5, 0.6) is 0 Å². The zero-order valence-corrected chi connectivity index (χ0v) is 5.88. The van der Waals surface area contributed by atoms with Gasteiger partial charge in [-0.15, -0.1) is 0 Å². The van der Waals surface area contributed by atoms with Crippen LogP contribution in [0.15, 0.2) is 48.2 Å². The zero-order valence-electron chi connectivity index (χ0n) is 5.88. The highest BCUT2D eigenvalue weighted by Crippen LogP contribution is 2.10. The molecule has 0 bridgehead atoms. The Morgan fingerprint density at radius 2 is 2.20 bits per heavy atom. The number of hydrogen-bond acceptors (Lipinski definition) is 1. The second kappa shape index (κ2) is 3.06. The van der Waals surface area contributed by atoms with E-state index in [1.807, 2.05) is 24.3 Å². The Morgan fingerprint density at radius 3 is 2.90 bits per heavy atom. The molecule has 1 heteroatoms. The van der Waals surface area contributed by atoms with Crippen LogP contribution in [-0.4, -0.2) is 0 Å². The van der Waals surface area contributed by atoms with Gasteiger partial charge in [-0.3, -0.25) is 0 Å². The molecule has 0 atom stereocenters. The third kappa shape index (κ3) is 1.62. The molecule has 0 aromatic heterocycles. The van der Waals surface area contributed by atoms with Crippen LogP contribution in [0, 0.1) is 0 Å². The number of nitrogens with two attached hydrogens (primary N) is 1. The Balaban J connectivity index is 2.78. The minimum atomic E-state index is 0.663. The first kappa shape index (κ1) is 6.87. The molecule has 0 fully saturated rings. The van der Waals surface area contributed by atoms with Crippen LogP contribution in [0.3, 0.4) is 0 Å². The summed E-state index contributed by atoms with van der Waals surface area (Å²) in [4.78, 5) is 0. The minimum Gasteiger partial charge on any atom is -0.399 e. The van der Waals surface area contributed by atoms with Gasteiger partial charge in [0.05, 0.1) is 0 Å². The quantitative estimate of drug-likeness (QED) is 0.581. The summed E-state index contributed by atoms with van der Waals surface area (Å²) in [6.45, 7) is 3.66. The smallest absolute Gasteiger partial charge is 0.0276 e. The van der Waals surface area contributed by atoms with Crippen molar-refractivity contribution in [3.8, 4) is 0 Å². The van der Waals surface area contributed by atoms with Crippen molar-refractivity contribution in [1.82, 2.24) is 0 Å². The molecule has 0 saturated heterocycles. The van der Waals surface area contributed by atoms with E-state index in [0.717, 1.165) is 12.0 Å². The standard InChI is InChI=1S/C9H11N/c1-8(10)9-6-4-2-3-5-7-9/h2-6H,1,7,10H2. The average molecular weight is 133 g/mol. The van der Waals surface area contributed by atoms with Crippen molar-refractivity contribution in [2.45, 2.75) is 6.42 Å². The average Bonchev–Trinajstić information content (AvgIpc) is 2.12. The fourth-order valence-corrected chi connectivity index (χ4v) is 0.816. The van der Waals surface area contributed by atoms with Gasteiger partial charge in [-0.1, -0.05) is 37.0 Å². The van der Waals surface area contributed by atoms with Crippen molar-refractivity contribution in [2.75, 3.05) is 0 Å². The van der Waals surface area contributed by atoms with Crippen molar-refractivity contribution in [3.63, 3.8) is 0 Å². The maximum absolute atomic E-state index is 5.51. The molecule has 0 unspecified atom stereocenters. The monoisotopic (exact) mass is 133 g/mol. The zero-order chi connectivity index (χ0) is 7.40. The number of allylic oxidation sites excluding steroid dienone is 6. The summed E-state index contributed by atoms with van der Waals surface area (Å²) >= 11 is 0. The molecular formula is C9H11N. The van der Waals surface area contributed by atoms with E-state index in [4.69, 9.17) is 5.73 Å². The van der Waals surface area contributed by atoms with Crippen molar-refractivity contribution in [3.05, 3.63) is 48.2 Å². The highest BCUT2D eigenvalue weighted by Gasteiger charge is 1.94. The summed E-state index contributed by atoms with van der Waals surface area (Å²) in [6.07, 6.45) is 10.9. The summed E-state index contributed by atoms with van der Waals surface area (Å²) < 4.78 is 0. The van der Waals surface area contributed by atoms with Crippen molar-refractivity contribution < 1.29 is 0 Å². The second-order valence-electron chi connectivity index (χ2n) is 2.23. The van der Waals surface area contributed by atoms with Gasteiger partial charge in [-0.05, 0) is 12.0 Å². The molecule has 1 aliphatic carbocycles. The Morgan fingerprint density at radius 1 is 1.40 bits per heavy atom. The first-order chi connectivity index (χ1) is 4.80. The lowest BCUT2D eigenvalue weighted by molar-refractivity contribution is 1.19. The van der Waals surface area contributed by atoms with Crippen molar-refractivity contribution in [2.24, 2.45) is 5.73 Å². The van der Waals surface area contributed by atoms with Crippen molar-refractivity contribution >= 4 is 0 Å². The molecule has 0 saturated carbocycles. The van der Waals surface area contributed by atoms with Crippen LogP contribution < -0.4 is 5.73 Å². The summed E-state index contributed by atoms with van der Waals surface area (Å²) in [5, 5.41) is 0. The van der Waals surface area contributed by atoms with Crippen LogP contribution in [0.1, 0.15) is 6.42 Å². The molecule has 0 aromatic rings. The number of hydrogen-bond donors (Lipinski definition) is 1. The molecule has 0 aromatic carbocycles. The molecule has 0 amide bonds. The highest BCUT2D eigenvalue weighted by molar-refractivity contribution is 5.34. The summed E-state index contributed by atoms with van der Waals surface area (Å²) in [6, 6.07) is 0. The van der Waals surface area contributed by atoms with Gasteiger partial charge in [-0.25, -0.2) is 0 Å². The van der Waals surface area contributed by atoms with Crippen LogP contribution in [0.25, 0.3) is 0 Å². The second-order valence-corrected chi connectivity index (χ2v) is 2.23. The summed E-state index contributed by atoms with van der Waals surface area (Å²) in [5.74, 6) is 0. The third-order valence-electron chi connectivity index (χ3n) is 1.41. The molecule has 2 N–H and O–H groups in total. The van der Waals surface area contributed by atoms with E-state index in [-0.39, 0.29) is 0 Å². The van der Waals surface area contributed by atoms with E-state index >= 15 is 0 Å². The topological polar surface area (TPSA) is 26.0 Å². The molecule has 0 aliphatic heterocycles. The molecule has 10 heavy (non-hydrogen) atoms. The van der Waals surface area contributed by atoms with E-state index in [2.05, 4.69) is 12.7 Å². The summed E-state index contributed by atoms with van der Waals surface area (Å²) in [5.41, 5.74) is 7.27. The molecule has 0 heterocycles. The maximum Gasteiger partial charge on any atom is 0.0276 e. The third-order valence-corrected chi connectivity index (χ3v) is 1.41. The van der Waals surface area contributed by atoms with E-state index < -0.39 is 0 Å². The van der Waals surface area contributed by atoms with Gasteiger partial charge in [0, 0.05) is 5.70 Å². The van der Waals surface area contributed by atoms with Crippen LogP contribution >= 0.6 is 0 Å². The molecule has 0 spiro atoms. The first-order valence-corrected chi connectivity index (χ1v) is 3.28. The minimum absolute atomic E-state index is 0.663. The van der Waals surface area contributed by atoms with E-state index in [1.54, 1.807) is 0 Å². The van der Waals surface area contributed by atoms with Gasteiger partial charge in [0.1, 0.15) is 0 Å². The maximum atomic E-state index is 5.51. The van der Waals surface area contributed by atoms with Gasteiger partial charge in [-0.2, -0.15) is 0 Å². The van der Waals surface area contributed by atoms with Crippen LogP contribution in [-0.2, 0) is 0 Å². The van der Waals surface area contributed by atoms with Gasteiger partial charge in [0.25, 0.3) is 0 Å². The molecular weight excluding hydrogens is 122 g/mol. The van der Waals surface area contributed by atoms with E-state index in [1.165, 1.54) is 0 Å². The van der Waals surface area contributed by atoms with Gasteiger partial charge in [0.2, 0.25) is 0 Å². The normalized spacial score (nSPS) is 16.2. The van der Waals surface area contributed by atoms with Crippen LogP contribution in [0.4, 0.5) is 0 Å². The fraction of sp³-hybridized carbons (Fsp3) is 0.111. The lowest BCUT2D eigenvalue weighted by Gasteiger charge is -1.99. The fourth-order valence-electron chi connectivity index (χ4n) is 0.816. The van der Waals surface area contributed by atoms with Gasteiger partial charge >= 0.3 is 0 Å².